The minimum atomic E-state index is -1.26. The number of nitrogens with one attached hydrogen (secondary N) is 2. The maximum atomic E-state index is 11.5. The Labute approximate surface area is 142 Å². The number of carboxylic acids is 1. The van der Waals surface area contributed by atoms with Crippen LogP contribution in [-0.4, -0.2) is 29.5 Å². The van der Waals surface area contributed by atoms with Gasteiger partial charge in [0.05, 0.1) is 4.47 Å². The number of aliphatic carboxylic acids is 1. The van der Waals surface area contributed by atoms with Crippen molar-refractivity contribution in [3.8, 4) is 5.75 Å². The summed E-state index contributed by atoms with van der Waals surface area (Å²) < 4.78 is 6.92. The Balaban J connectivity index is 2.47. The van der Waals surface area contributed by atoms with Gasteiger partial charge in [0.15, 0.2) is 6.61 Å². The van der Waals surface area contributed by atoms with Crippen LogP contribution in [-0.2, 0) is 14.4 Å². The first-order valence-electron chi connectivity index (χ1n) is 5.88. The SMILES string of the molecule is Cc1cc(Br)cc(Br)c1OCC(=O)NNC(=O)/C=C/C(=O)O. The molecule has 0 bridgehead atoms. The number of aryl methyl sites for hydroxylation is 1. The summed E-state index contributed by atoms with van der Waals surface area (Å²) in [5.41, 5.74) is 4.94. The standard InChI is InChI=1S/C13H12Br2N2O5/c1-7-4-8(14)5-9(15)13(7)22-6-11(19)17-16-10(18)2-3-12(20)21/h2-5H,6H2,1H3,(H,16,18)(H,17,19)(H,20,21)/b3-2+. The molecular weight excluding hydrogens is 424 g/mol. The average Bonchev–Trinajstić information content (AvgIpc) is 2.41. The van der Waals surface area contributed by atoms with Crippen molar-refractivity contribution in [3.05, 3.63) is 38.8 Å². The molecule has 2 amide bonds. The molecule has 1 aromatic carbocycles. The van der Waals surface area contributed by atoms with Crippen LogP contribution in [0.1, 0.15) is 5.56 Å². The molecule has 0 aromatic heterocycles. The number of carbonyl (C=O) groups excluding carboxylic acids is 2. The van der Waals surface area contributed by atoms with E-state index in [1.54, 1.807) is 6.07 Å². The summed E-state index contributed by atoms with van der Waals surface area (Å²) in [6.45, 7) is 1.51. The molecular formula is C13H12Br2N2O5. The van der Waals surface area contributed by atoms with Crippen molar-refractivity contribution in [2.75, 3.05) is 6.61 Å². The van der Waals surface area contributed by atoms with Crippen LogP contribution in [0.25, 0.3) is 0 Å². The third-order valence-electron chi connectivity index (χ3n) is 2.24. The molecule has 0 saturated heterocycles. The highest BCUT2D eigenvalue weighted by Crippen LogP contribution is 2.32. The molecule has 1 rings (SSSR count). The number of hydrazine groups is 1. The number of rotatable bonds is 5. The summed E-state index contributed by atoms with van der Waals surface area (Å²) in [4.78, 5) is 32.9. The van der Waals surface area contributed by atoms with Gasteiger partial charge in [-0.15, -0.1) is 0 Å². The van der Waals surface area contributed by atoms with Gasteiger partial charge in [-0.2, -0.15) is 0 Å². The summed E-state index contributed by atoms with van der Waals surface area (Å²) in [7, 11) is 0. The minimum Gasteiger partial charge on any atom is -0.482 e. The van der Waals surface area contributed by atoms with Crippen LogP contribution < -0.4 is 15.6 Å². The molecule has 0 saturated carbocycles. The molecule has 0 radical (unpaired) electrons. The van der Waals surface area contributed by atoms with E-state index in [0.717, 1.165) is 16.1 Å². The molecule has 118 valence electrons. The Morgan fingerprint density at radius 1 is 1.23 bits per heavy atom. The van der Waals surface area contributed by atoms with Crippen LogP contribution in [0, 0.1) is 6.92 Å². The van der Waals surface area contributed by atoms with Gasteiger partial charge in [-0.3, -0.25) is 20.4 Å². The minimum absolute atomic E-state index is 0.315. The van der Waals surface area contributed by atoms with Crippen molar-refractivity contribution in [2.24, 2.45) is 0 Å². The molecule has 0 aliphatic carbocycles. The zero-order chi connectivity index (χ0) is 16.7. The molecule has 0 aliphatic heterocycles. The first kappa shape index (κ1) is 18.2. The highest BCUT2D eigenvalue weighted by molar-refractivity contribution is 9.11. The summed E-state index contributed by atoms with van der Waals surface area (Å²) in [6, 6.07) is 3.61. The van der Waals surface area contributed by atoms with E-state index in [2.05, 4.69) is 37.3 Å². The van der Waals surface area contributed by atoms with Crippen molar-refractivity contribution < 1.29 is 24.2 Å². The lowest BCUT2D eigenvalue weighted by Crippen LogP contribution is -2.43. The number of carbonyl (C=O) groups is 3. The molecule has 1 aromatic rings. The van der Waals surface area contributed by atoms with Crippen molar-refractivity contribution in [1.29, 1.82) is 0 Å². The van der Waals surface area contributed by atoms with Crippen molar-refractivity contribution >= 4 is 49.6 Å². The van der Waals surface area contributed by atoms with Crippen LogP contribution in [0.15, 0.2) is 33.2 Å². The fraction of sp³-hybridized carbons (Fsp3) is 0.154. The number of amides is 2. The second-order valence-corrected chi connectivity index (χ2v) is 5.80. The molecule has 7 nitrogen and oxygen atoms in total. The number of carboxylic acid groups (broad SMARTS) is 1. The third kappa shape index (κ3) is 6.27. The van der Waals surface area contributed by atoms with Gasteiger partial charge in [0.2, 0.25) is 0 Å². The van der Waals surface area contributed by atoms with Crippen molar-refractivity contribution in [1.82, 2.24) is 10.9 Å². The summed E-state index contributed by atoms with van der Waals surface area (Å²) in [5.74, 6) is -2.11. The fourth-order valence-electron chi connectivity index (χ4n) is 1.37. The van der Waals surface area contributed by atoms with Gasteiger partial charge in [-0.1, -0.05) is 15.9 Å². The van der Waals surface area contributed by atoms with Gasteiger partial charge in [0, 0.05) is 16.6 Å². The van der Waals surface area contributed by atoms with E-state index in [9.17, 15) is 14.4 Å². The highest BCUT2D eigenvalue weighted by Gasteiger charge is 2.10. The average molecular weight is 436 g/mol. The van der Waals surface area contributed by atoms with Crippen LogP contribution in [0.5, 0.6) is 5.75 Å². The molecule has 0 atom stereocenters. The number of hydrogen-bond acceptors (Lipinski definition) is 4. The van der Waals surface area contributed by atoms with Crippen LogP contribution >= 0.6 is 31.9 Å². The Hall–Kier alpha value is -1.87. The van der Waals surface area contributed by atoms with Crippen LogP contribution in [0.3, 0.4) is 0 Å². The van der Waals surface area contributed by atoms with E-state index in [-0.39, 0.29) is 6.61 Å². The summed E-state index contributed by atoms with van der Waals surface area (Å²) >= 11 is 6.66. The fourth-order valence-corrected chi connectivity index (χ4v) is 2.92. The van der Waals surface area contributed by atoms with Gasteiger partial charge in [0.25, 0.3) is 11.8 Å². The smallest absolute Gasteiger partial charge is 0.328 e. The summed E-state index contributed by atoms with van der Waals surface area (Å²) in [5, 5.41) is 8.34. The van der Waals surface area contributed by atoms with E-state index in [4.69, 9.17) is 9.84 Å². The van der Waals surface area contributed by atoms with Crippen LogP contribution in [0.2, 0.25) is 0 Å². The van der Waals surface area contributed by atoms with E-state index in [1.807, 2.05) is 18.4 Å². The molecule has 0 spiro atoms. The molecule has 0 unspecified atom stereocenters. The van der Waals surface area contributed by atoms with Gasteiger partial charge in [0.1, 0.15) is 5.75 Å². The lowest BCUT2D eigenvalue weighted by molar-refractivity contribution is -0.131. The van der Waals surface area contributed by atoms with E-state index >= 15 is 0 Å². The third-order valence-corrected chi connectivity index (χ3v) is 3.29. The van der Waals surface area contributed by atoms with Gasteiger partial charge in [-0.25, -0.2) is 4.79 Å². The van der Waals surface area contributed by atoms with Crippen LogP contribution in [0.4, 0.5) is 0 Å². The Bertz CT molecular complexity index is 608. The molecule has 0 heterocycles. The molecule has 22 heavy (non-hydrogen) atoms. The lowest BCUT2D eigenvalue weighted by Gasteiger charge is -2.12. The normalized spacial score (nSPS) is 10.3. The monoisotopic (exact) mass is 434 g/mol. The predicted octanol–water partition coefficient (Wildman–Crippen LogP) is 1.69. The maximum Gasteiger partial charge on any atom is 0.328 e. The Morgan fingerprint density at radius 2 is 1.91 bits per heavy atom. The first-order chi connectivity index (χ1) is 10.3. The second kappa shape index (κ2) is 8.54. The zero-order valence-electron chi connectivity index (χ0n) is 11.4. The highest BCUT2D eigenvalue weighted by atomic mass is 79.9. The Morgan fingerprint density at radius 3 is 2.50 bits per heavy atom. The Kier molecular flexibility index (Phi) is 7.06. The molecule has 0 aliphatic rings. The number of hydrogen-bond donors (Lipinski definition) is 3. The second-order valence-electron chi connectivity index (χ2n) is 4.03. The molecule has 0 fully saturated rings. The van der Waals surface area contributed by atoms with Crippen molar-refractivity contribution in [3.63, 3.8) is 0 Å². The van der Waals surface area contributed by atoms with Gasteiger partial charge in [-0.05, 0) is 40.5 Å². The number of benzene rings is 1. The lowest BCUT2D eigenvalue weighted by atomic mass is 10.2. The zero-order valence-corrected chi connectivity index (χ0v) is 14.5. The van der Waals surface area contributed by atoms with E-state index in [0.29, 0.717) is 16.3 Å². The molecule has 9 heteroatoms. The largest absolute Gasteiger partial charge is 0.482 e. The quantitative estimate of drug-likeness (QED) is 0.482. The predicted molar refractivity (Wildman–Crippen MR) is 85.1 cm³/mol. The van der Waals surface area contributed by atoms with Gasteiger partial charge >= 0.3 is 5.97 Å². The van der Waals surface area contributed by atoms with E-state index in [1.165, 1.54) is 0 Å². The number of ether oxygens (including phenoxy) is 1. The number of halogens is 2. The molecule has 3 N–H and O–H groups in total. The van der Waals surface area contributed by atoms with E-state index < -0.39 is 17.8 Å². The summed E-state index contributed by atoms with van der Waals surface area (Å²) in [6.07, 6.45) is 1.43. The van der Waals surface area contributed by atoms with Gasteiger partial charge < -0.3 is 9.84 Å². The van der Waals surface area contributed by atoms with Crippen molar-refractivity contribution in [2.45, 2.75) is 6.92 Å². The topological polar surface area (TPSA) is 105 Å². The first-order valence-corrected chi connectivity index (χ1v) is 7.46. The maximum absolute atomic E-state index is 11.5.